The first-order valence-electron chi connectivity index (χ1n) is 11.6. The minimum atomic E-state index is -0.111. The zero-order valence-corrected chi connectivity index (χ0v) is 19.6. The summed E-state index contributed by atoms with van der Waals surface area (Å²) >= 11 is 1.46. The summed E-state index contributed by atoms with van der Waals surface area (Å²) in [5.41, 5.74) is 2.94. The van der Waals surface area contributed by atoms with Gasteiger partial charge in [-0.25, -0.2) is 4.98 Å². The number of carbonyl (C=O) groups is 2. The third-order valence-corrected chi connectivity index (χ3v) is 7.52. The van der Waals surface area contributed by atoms with E-state index in [0.29, 0.717) is 48.7 Å². The van der Waals surface area contributed by atoms with Crippen LogP contribution in [-0.4, -0.2) is 45.4 Å². The van der Waals surface area contributed by atoms with Gasteiger partial charge in [-0.1, -0.05) is 29.8 Å². The zero-order chi connectivity index (χ0) is 22.9. The summed E-state index contributed by atoms with van der Waals surface area (Å²) in [4.78, 5) is 45.2. The van der Waals surface area contributed by atoms with E-state index in [1.165, 1.54) is 16.9 Å². The molecular weight excluding hydrogens is 436 g/mol. The number of aryl methyl sites for hydroxylation is 2. The first-order valence-corrected chi connectivity index (χ1v) is 12.5. The third-order valence-electron chi connectivity index (χ3n) is 6.63. The molecule has 172 valence electrons. The topological polar surface area (TPSA) is 84.3 Å². The number of aromatic nitrogens is 2. The number of fused-ring (bicyclic) bond motifs is 1. The summed E-state index contributed by atoms with van der Waals surface area (Å²) in [6.45, 7) is 3.52. The zero-order valence-electron chi connectivity index (χ0n) is 18.8. The summed E-state index contributed by atoms with van der Waals surface area (Å²) in [5, 5.41) is 5.65. The molecule has 0 atom stereocenters. The second kappa shape index (κ2) is 9.09. The van der Waals surface area contributed by atoms with Gasteiger partial charge in [0.2, 0.25) is 11.8 Å². The average Bonchev–Trinajstić information content (AvgIpc) is 3.54. The van der Waals surface area contributed by atoms with Crippen LogP contribution in [0.5, 0.6) is 0 Å². The number of amides is 2. The predicted molar refractivity (Wildman–Crippen MR) is 129 cm³/mol. The molecule has 1 aliphatic carbocycles. The highest BCUT2D eigenvalue weighted by atomic mass is 32.1. The molecule has 1 N–H and O–H groups in total. The SMILES string of the molecule is Cc1ccc(-c2csc3ncn(CCC(=O)N4CCC(C(=O)NC5CC5)CC4)c(=O)c23)cc1. The molecule has 1 saturated carbocycles. The molecular formula is C25H28N4O3S. The highest BCUT2D eigenvalue weighted by Gasteiger charge is 2.31. The van der Waals surface area contributed by atoms with Crippen LogP contribution >= 0.6 is 11.3 Å². The van der Waals surface area contributed by atoms with Gasteiger partial charge in [0.15, 0.2) is 0 Å². The van der Waals surface area contributed by atoms with Crippen LogP contribution in [0.1, 0.15) is 37.7 Å². The van der Waals surface area contributed by atoms with E-state index in [4.69, 9.17) is 0 Å². The lowest BCUT2D eigenvalue weighted by atomic mass is 9.95. The van der Waals surface area contributed by atoms with Gasteiger partial charge in [0.25, 0.3) is 5.56 Å². The van der Waals surface area contributed by atoms with Gasteiger partial charge < -0.3 is 10.2 Å². The Hall–Kier alpha value is -3.00. The van der Waals surface area contributed by atoms with Crippen molar-refractivity contribution in [2.45, 2.75) is 51.6 Å². The number of hydrogen-bond donors (Lipinski definition) is 1. The molecule has 0 spiro atoms. The molecule has 7 nitrogen and oxygen atoms in total. The smallest absolute Gasteiger partial charge is 0.262 e. The van der Waals surface area contributed by atoms with Gasteiger partial charge >= 0.3 is 0 Å². The van der Waals surface area contributed by atoms with Crippen LogP contribution in [0.25, 0.3) is 21.3 Å². The fourth-order valence-electron chi connectivity index (χ4n) is 4.38. The maximum atomic E-state index is 13.2. The van der Waals surface area contributed by atoms with E-state index in [1.54, 1.807) is 10.9 Å². The van der Waals surface area contributed by atoms with Gasteiger partial charge in [0.05, 0.1) is 11.7 Å². The largest absolute Gasteiger partial charge is 0.353 e. The first kappa shape index (κ1) is 21.8. The summed E-state index contributed by atoms with van der Waals surface area (Å²) in [6.07, 6.45) is 5.36. The number of carbonyl (C=O) groups excluding carboxylic acids is 2. The number of nitrogens with zero attached hydrogens (tertiary/aromatic N) is 3. The van der Waals surface area contributed by atoms with E-state index in [9.17, 15) is 14.4 Å². The van der Waals surface area contributed by atoms with Gasteiger partial charge in [-0.2, -0.15) is 0 Å². The Balaban J connectivity index is 1.23. The van der Waals surface area contributed by atoms with Crippen molar-refractivity contribution in [3.8, 4) is 11.1 Å². The van der Waals surface area contributed by atoms with Crippen LogP contribution < -0.4 is 10.9 Å². The van der Waals surface area contributed by atoms with Crippen molar-refractivity contribution in [3.63, 3.8) is 0 Å². The minimum Gasteiger partial charge on any atom is -0.353 e. The van der Waals surface area contributed by atoms with Crippen molar-refractivity contribution in [1.82, 2.24) is 19.8 Å². The van der Waals surface area contributed by atoms with Gasteiger partial charge in [-0.05, 0) is 38.2 Å². The molecule has 0 unspecified atom stereocenters. The monoisotopic (exact) mass is 464 g/mol. The molecule has 33 heavy (non-hydrogen) atoms. The fourth-order valence-corrected chi connectivity index (χ4v) is 5.29. The van der Waals surface area contributed by atoms with Crippen LogP contribution in [0, 0.1) is 12.8 Å². The summed E-state index contributed by atoms with van der Waals surface area (Å²) in [6, 6.07) is 8.48. The Morgan fingerprint density at radius 2 is 1.85 bits per heavy atom. The summed E-state index contributed by atoms with van der Waals surface area (Å²) in [5.74, 6) is 0.158. The second-order valence-corrected chi connectivity index (χ2v) is 9.98. The molecule has 2 aromatic heterocycles. The highest BCUT2D eigenvalue weighted by molar-refractivity contribution is 7.17. The van der Waals surface area contributed by atoms with Gasteiger partial charge in [0.1, 0.15) is 4.83 Å². The molecule has 1 aliphatic heterocycles. The number of nitrogens with one attached hydrogen (secondary N) is 1. The Morgan fingerprint density at radius 3 is 2.55 bits per heavy atom. The number of rotatable bonds is 6. The molecule has 2 aliphatic rings. The number of piperidine rings is 1. The standard InChI is InChI=1S/C25H28N4O3S/c1-16-2-4-17(5-3-16)20-14-33-24-22(20)25(32)29(15-26-24)13-10-21(30)28-11-8-18(9-12-28)23(31)27-19-6-7-19/h2-5,14-15,18-19H,6-13H2,1H3,(H,27,31). The number of thiophene rings is 1. The van der Waals surface area contributed by atoms with E-state index in [2.05, 4.69) is 10.3 Å². The Morgan fingerprint density at radius 1 is 1.12 bits per heavy atom. The lowest BCUT2D eigenvalue weighted by molar-refractivity contribution is -0.135. The summed E-state index contributed by atoms with van der Waals surface area (Å²) < 4.78 is 1.54. The van der Waals surface area contributed by atoms with Crippen molar-refractivity contribution < 1.29 is 9.59 Å². The molecule has 3 aromatic rings. The molecule has 3 heterocycles. The summed E-state index contributed by atoms with van der Waals surface area (Å²) in [7, 11) is 0. The Labute approximate surface area is 196 Å². The maximum absolute atomic E-state index is 13.2. The van der Waals surface area contributed by atoms with Crippen LogP contribution in [0.4, 0.5) is 0 Å². The average molecular weight is 465 g/mol. The predicted octanol–water partition coefficient (Wildman–Crippen LogP) is 3.34. The molecule has 2 amide bonds. The van der Waals surface area contributed by atoms with Crippen LogP contribution in [0.2, 0.25) is 0 Å². The van der Waals surface area contributed by atoms with Crippen molar-refractivity contribution >= 4 is 33.4 Å². The van der Waals surface area contributed by atoms with Crippen LogP contribution in [0.15, 0.2) is 40.8 Å². The van der Waals surface area contributed by atoms with E-state index in [-0.39, 0.29) is 29.7 Å². The molecule has 0 radical (unpaired) electrons. The molecule has 5 rings (SSSR count). The third kappa shape index (κ3) is 4.71. The van der Waals surface area contributed by atoms with E-state index < -0.39 is 0 Å². The van der Waals surface area contributed by atoms with Crippen LogP contribution in [-0.2, 0) is 16.1 Å². The van der Waals surface area contributed by atoms with E-state index in [1.807, 2.05) is 41.5 Å². The van der Waals surface area contributed by atoms with Crippen molar-refractivity contribution in [2.24, 2.45) is 5.92 Å². The highest BCUT2D eigenvalue weighted by Crippen LogP contribution is 2.30. The van der Waals surface area contributed by atoms with Crippen molar-refractivity contribution in [2.75, 3.05) is 13.1 Å². The Bertz CT molecular complexity index is 1230. The molecule has 8 heteroatoms. The normalized spacial score (nSPS) is 16.8. The van der Waals surface area contributed by atoms with Crippen molar-refractivity contribution in [3.05, 3.63) is 51.9 Å². The van der Waals surface area contributed by atoms with Crippen molar-refractivity contribution in [1.29, 1.82) is 0 Å². The molecule has 1 aromatic carbocycles. The van der Waals surface area contributed by atoms with E-state index >= 15 is 0 Å². The molecule has 2 fully saturated rings. The van der Waals surface area contributed by atoms with E-state index in [0.717, 1.165) is 24.0 Å². The lowest BCUT2D eigenvalue weighted by Gasteiger charge is -2.31. The number of hydrogen-bond acceptors (Lipinski definition) is 5. The minimum absolute atomic E-state index is 0.00247. The van der Waals surface area contributed by atoms with Crippen LogP contribution in [0.3, 0.4) is 0 Å². The first-order chi connectivity index (χ1) is 16.0. The van der Waals surface area contributed by atoms with Gasteiger partial charge in [-0.3, -0.25) is 19.0 Å². The maximum Gasteiger partial charge on any atom is 0.262 e. The lowest BCUT2D eigenvalue weighted by Crippen LogP contribution is -2.43. The quantitative estimate of drug-likeness (QED) is 0.606. The Kier molecular flexibility index (Phi) is 6.01. The number of benzene rings is 1. The van der Waals surface area contributed by atoms with Gasteiger partial charge in [0, 0.05) is 49.0 Å². The molecule has 0 bridgehead atoms. The molecule has 1 saturated heterocycles. The number of likely N-dealkylation sites (tertiary alicyclic amines) is 1. The second-order valence-electron chi connectivity index (χ2n) is 9.13. The fraction of sp³-hybridized carbons (Fsp3) is 0.440. The van der Waals surface area contributed by atoms with Gasteiger partial charge in [-0.15, -0.1) is 11.3 Å².